The van der Waals surface area contributed by atoms with Crippen molar-refractivity contribution < 1.29 is 14.7 Å². The Balaban J connectivity index is 2.02. The van der Waals surface area contributed by atoms with E-state index in [4.69, 9.17) is 0 Å². The fourth-order valence-corrected chi connectivity index (χ4v) is 2.88. The zero-order chi connectivity index (χ0) is 13.0. The van der Waals surface area contributed by atoms with Gasteiger partial charge in [0, 0.05) is 12.6 Å². The first kappa shape index (κ1) is 13.3. The molecule has 0 aromatic rings. The first-order chi connectivity index (χ1) is 8.69. The highest BCUT2D eigenvalue weighted by molar-refractivity contribution is 6.05. The van der Waals surface area contributed by atoms with Crippen molar-refractivity contribution in [1.82, 2.24) is 10.6 Å². The van der Waals surface area contributed by atoms with E-state index in [2.05, 4.69) is 10.6 Å². The summed E-state index contributed by atoms with van der Waals surface area (Å²) in [5.41, 5.74) is -1.25. The molecule has 3 N–H and O–H groups in total. The molecule has 0 radical (unpaired) electrons. The third-order valence-electron chi connectivity index (χ3n) is 4.15. The Bertz CT molecular complexity index is 326. The minimum absolute atomic E-state index is 0.171. The Kier molecular flexibility index (Phi) is 4.22. The molecule has 1 unspecified atom stereocenters. The smallest absolute Gasteiger partial charge is 0.238 e. The summed E-state index contributed by atoms with van der Waals surface area (Å²) in [6.45, 7) is 0.189. The van der Waals surface area contributed by atoms with Crippen LogP contribution in [0.5, 0.6) is 0 Å². The van der Waals surface area contributed by atoms with Gasteiger partial charge in [0.1, 0.15) is 0 Å². The summed E-state index contributed by atoms with van der Waals surface area (Å²) < 4.78 is 0. The Hall–Kier alpha value is -1.10. The maximum absolute atomic E-state index is 12.3. The van der Waals surface area contributed by atoms with Gasteiger partial charge >= 0.3 is 0 Å². The van der Waals surface area contributed by atoms with Crippen molar-refractivity contribution >= 4 is 11.8 Å². The van der Waals surface area contributed by atoms with Crippen molar-refractivity contribution in [3.05, 3.63) is 0 Å². The van der Waals surface area contributed by atoms with Crippen molar-refractivity contribution in [2.24, 2.45) is 5.41 Å². The van der Waals surface area contributed by atoms with E-state index >= 15 is 0 Å². The van der Waals surface area contributed by atoms with E-state index in [9.17, 15) is 14.7 Å². The molecule has 0 aromatic carbocycles. The molecule has 0 spiro atoms. The zero-order valence-electron chi connectivity index (χ0n) is 10.7. The second-order valence-electron chi connectivity index (χ2n) is 5.41. The molecular weight excluding hydrogens is 232 g/mol. The highest BCUT2D eigenvalue weighted by Crippen LogP contribution is 2.28. The standard InChI is InChI=1S/C13H22N2O3/c16-9-13(7-4-8-14-11(13)17)12(18)15-10-5-2-1-3-6-10/h10,16H,1-9H2,(H,14,17)(H,15,18). The normalized spacial score (nSPS) is 29.7. The first-order valence-electron chi connectivity index (χ1n) is 6.89. The van der Waals surface area contributed by atoms with Crippen LogP contribution < -0.4 is 10.6 Å². The van der Waals surface area contributed by atoms with Crippen LogP contribution in [0.1, 0.15) is 44.9 Å². The Morgan fingerprint density at radius 2 is 2.06 bits per heavy atom. The summed E-state index contributed by atoms with van der Waals surface area (Å²) in [5.74, 6) is -0.626. The predicted octanol–water partition coefficient (Wildman–Crippen LogP) is 0.324. The summed E-state index contributed by atoms with van der Waals surface area (Å²) in [4.78, 5) is 24.2. The number of hydrogen-bond donors (Lipinski definition) is 3. The van der Waals surface area contributed by atoms with E-state index in [1.165, 1.54) is 6.42 Å². The molecule has 2 amide bonds. The van der Waals surface area contributed by atoms with E-state index in [1.807, 2.05) is 0 Å². The lowest BCUT2D eigenvalue weighted by molar-refractivity contribution is -0.149. The van der Waals surface area contributed by atoms with Gasteiger partial charge in [-0.2, -0.15) is 0 Å². The molecule has 1 aliphatic carbocycles. The number of carbonyl (C=O) groups is 2. The molecule has 1 heterocycles. The number of carbonyl (C=O) groups excluding carboxylic acids is 2. The monoisotopic (exact) mass is 254 g/mol. The van der Waals surface area contributed by atoms with Gasteiger partial charge < -0.3 is 15.7 Å². The Morgan fingerprint density at radius 3 is 2.67 bits per heavy atom. The van der Waals surface area contributed by atoms with Crippen LogP contribution >= 0.6 is 0 Å². The molecule has 1 aliphatic heterocycles. The summed E-state index contributed by atoms with van der Waals surface area (Å²) in [7, 11) is 0. The molecule has 2 aliphatic rings. The van der Waals surface area contributed by atoms with Crippen molar-refractivity contribution in [2.45, 2.75) is 51.0 Å². The van der Waals surface area contributed by atoms with E-state index < -0.39 is 12.0 Å². The van der Waals surface area contributed by atoms with Gasteiger partial charge in [0.05, 0.1) is 6.61 Å². The van der Waals surface area contributed by atoms with Crippen molar-refractivity contribution in [3.63, 3.8) is 0 Å². The summed E-state index contributed by atoms with van der Waals surface area (Å²) >= 11 is 0. The van der Waals surface area contributed by atoms with Crippen LogP contribution in [0.2, 0.25) is 0 Å². The predicted molar refractivity (Wildman–Crippen MR) is 66.8 cm³/mol. The molecule has 0 aromatic heterocycles. The van der Waals surface area contributed by atoms with Gasteiger partial charge in [0.2, 0.25) is 11.8 Å². The Morgan fingerprint density at radius 1 is 1.33 bits per heavy atom. The maximum atomic E-state index is 12.3. The number of aliphatic hydroxyl groups excluding tert-OH is 1. The average Bonchev–Trinajstić information content (AvgIpc) is 2.40. The van der Waals surface area contributed by atoms with Gasteiger partial charge in [-0.3, -0.25) is 9.59 Å². The highest BCUT2D eigenvalue weighted by atomic mass is 16.3. The minimum Gasteiger partial charge on any atom is -0.395 e. The van der Waals surface area contributed by atoms with E-state index in [0.29, 0.717) is 13.0 Å². The van der Waals surface area contributed by atoms with Gasteiger partial charge in [0.25, 0.3) is 0 Å². The summed E-state index contributed by atoms with van der Waals surface area (Å²) in [6, 6.07) is 0.171. The lowest BCUT2D eigenvalue weighted by Crippen LogP contribution is -2.58. The molecular formula is C13H22N2O3. The maximum Gasteiger partial charge on any atom is 0.238 e. The minimum atomic E-state index is -1.25. The Labute approximate surface area is 107 Å². The average molecular weight is 254 g/mol. The second kappa shape index (κ2) is 5.69. The molecule has 2 fully saturated rings. The lowest BCUT2D eigenvalue weighted by Gasteiger charge is -2.35. The number of amides is 2. The van der Waals surface area contributed by atoms with Gasteiger partial charge in [0.15, 0.2) is 5.41 Å². The van der Waals surface area contributed by atoms with Crippen LogP contribution in [0.15, 0.2) is 0 Å². The molecule has 5 nitrogen and oxygen atoms in total. The number of aliphatic hydroxyl groups is 1. The molecule has 102 valence electrons. The number of piperidine rings is 1. The third kappa shape index (κ3) is 2.51. The van der Waals surface area contributed by atoms with Crippen LogP contribution in [0.4, 0.5) is 0 Å². The SMILES string of the molecule is O=C1NCCCC1(CO)C(=O)NC1CCCCC1. The zero-order valence-corrected chi connectivity index (χ0v) is 10.7. The number of hydrogen-bond acceptors (Lipinski definition) is 3. The van der Waals surface area contributed by atoms with E-state index in [1.54, 1.807) is 0 Å². The molecule has 5 heteroatoms. The topological polar surface area (TPSA) is 78.4 Å². The van der Waals surface area contributed by atoms with Crippen LogP contribution in [0, 0.1) is 5.41 Å². The fourth-order valence-electron chi connectivity index (χ4n) is 2.88. The van der Waals surface area contributed by atoms with Crippen LogP contribution in [0.25, 0.3) is 0 Å². The van der Waals surface area contributed by atoms with E-state index in [0.717, 1.165) is 32.1 Å². The van der Waals surface area contributed by atoms with Crippen LogP contribution in [0.3, 0.4) is 0 Å². The molecule has 2 rings (SSSR count). The van der Waals surface area contributed by atoms with Crippen LogP contribution in [-0.2, 0) is 9.59 Å². The van der Waals surface area contributed by atoms with Gasteiger partial charge in [-0.25, -0.2) is 0 Å². The van der Waals surface area contributed by atoms with Crippen molar-refractivity contribution in [2.75, 3.05) is 13.2 Å². The molecule has 0 bridgehead atoms. The van der Waals surface area contributed by atoms with Gasteiger partial charge in [-0.1, -0.05) is 19.3 Å². The van der Waals surface area contributed by atoms with Gasteiger partial charge in [-0.05, 0) is 25.7 Å². The van der Waals surface area contributed by atoms with Crippen LogP contribution in [-0.4, -0.2) is 36.1 Å². The quantitative estimate of drug-likeness (QED) is 0.635. The summed E-state index contributed by atoms with van der Waals surface area (Å²) in [6.07, 6.45) is 6.62. The van der Waals surface area contributed by atoms with Crippen molar-refractivity contribution in [3.8, 4) is 0 Å². The molecule has 1 atom stereocenters. The fraction of sp³-hybridized carbons (Fsp3) is 0.846. The molecule has 18 heavy (non-hydrogen) atoms. The van der Waals surface area contributed by atoms with Crippen molar-refractivity contribution in [1.29, 1.82) is 0 Å². The second-order valence-corrected chi connectivity index (χ2v) is 5.41. The highest BCUT2D eigenvalue weighted by Gasteiger charge is 2.47. The largest absolute Gasteiger partial charge is 0.395 e. The third-order valence-corrected chi connectivity index (χ3v) is 4.15. The lowest BCUT2D eigenvalue weighted by atomic mass is 9.79. The number of nitrogens with one attached hydrogen (secondary N) is 2. The number of rotatable bonds is 3. The summed E-state index contributed by atoms with van der Waals surface area (Å²) in [5, 5.41) is 15.1. The van der Waals surface area contributed by atoms with Gasteiger partial charge in [-0.15, -0.1) is 0 Å². The first-order valence-corrected chi connectivity index (χ1v) is 6.89. The molecule has 1 saturated heterocycles. The van der Waals surface area contributed by atoms with E-state index in [-0.39, 0.29) is 17.9 Å². The molecule has 1 saturated carbocycles.